The summed E-state index contributed by atoms with van der Waals surface area (Å²) in [5.41, 5.74) is 0. The number of aryl methyl sites for hydroxylation is 2. The maximum absolute atomic E-state index is 12.2. The van der Waals surface area contributed by atoms with Crippen molar-refractivity contribution in [2.75, 3.05) is 19.3 Å². The number of nitrogens with zero attached hydrogens (tertiary/aromatic N) is 3. The first kappa shape index (κ1) is 17.2. The van der Waals surface area contributed by atoms with Gasteiger partial charge in [-0.3, -0.25) is 4.79 Å². The molecular weight excluding hydrogens is 314 g/mol. The van der Waals surface area contributed by atoms with Crippen molar-refractivity contribution in [2.24, 2.45) is 0 Å². The Morgan fingerprint density at radius 2 is 2.14 bits per heavy atom. The van der Waals surface area contributed by atoms with Gasteiger partial charge in [0.1, 0.15) is 15.7 Å². The molecule has 0 aliphatic rings. The molecule has 0 unspecified atom stereocenters. The van der Waals surface area contributed by atoms with Crippen LogP contribution in [0.25, 0.3) is 10.2 Å². The number of carbonyl (C=O) groups is 1. The fourth-order valence-electron chi connectivity index (χ4n) is 2.09. The van der Waals surface area contributed by atoms with Crippen molar-refractivity contribution in [1.82, 2.24) is 14.9 Å². The molecule has 2 heterocycles. The van der Waals surface area contributed by atoms with E-state index in [2.05, 4.69) is 29.9 Å². The second-order valence-electron chi connectivity index (χ2n) is 5.32. The zero-order valence-electron chi connectivity index (χ0n) is 13.7. The number of rotatable bonds is 7. The van der Waals surface area contributed by atoms with Crippen molar-refractivity contribution in [3.8, 4) is 0 Å². The molecule has 120 valence electrons. The quantitative estimate of drug-likeness (QED) is 0.567. The summed E-state index contributed by atoms with van der Waals surface area (Å²) in [5, 5.41) is 2.01. The van der Waals surface area contributed by atoms with E-state index in [1.54, 1.807) is 11.3 Å². The highest BCUT2D eigenvalue weighted by Crippen LogP contribution is 2.31. The molecule has 6 heteroatoms. The average Bonchev–Trinajstić information content (AvgIpc) is 2.92. The smallest absolute Gasteiger partial charge is 0.232 e. The summed E-state index contributed by atoms with van der Waals surface area (Å²) < 4.78 is 0. The number of amides is 1. The van der Waals surface area contributed by atoms with Gasteiger partial charge in [0.25, 0.3) is 0 Å². The first-order valence-electron chi connectivity index (χ1n) is 7.69. The summed E-state index contributed by atoms with van der Waals surface area (Å²) in [5.74, 6) is 1.36. The monoisotopic (exact) mass is 337 g/mol. The molecule has 2 aromatic heterocycles. The lowest BCUT2D eigenvalue weighted by molar-refractivity contribution is -0.127. The van der Waals surface area contributed by atoms with Crippen LogP contribution in [0.5, 0.6) is 0 Å². The molecule has 0 aromatic carbocycles. The third kappa shape index (κ3) is 4.20. The number of hydrogen-bond donors (Lipinski definition) is 0. The summed E-state index contributed by atoms with van der Waals surface area (Å²) in [6.07, 6.45) is 3.15. The number of thioether (sulfide) groups is 1. The number of aromatic nitrogens is 2. The van der Waals surface area contributed by atoms with E-state index >= 15 is 0 Å². The molecule has 0 bridgehead atoms. The predicted molar refractivity (Wildman–Crippen MR) is 94.8 cm³/mol. The van der Waals surface area contributed by atoms with E-state index in [1.807, 2.05) is 18.9 Å². The first-order chi connectivity index (χ1) is 10.5. The highest BCUT2D eigenvalue weighted by molar-refractivity contribution is 8.00. The highest BCUT2D eigenvalue weighted by atomic mass is 32.2. The molecule has 2 rings (SSSR count). The molecule has 0 atom stereocenters. The normalized spacial score (nSPS) is 11.1. The maximum atomic E-state index is 12.2. The maximum Gasteiger partial charge on any atom is 0.232 e. The van der Waals surface area contributed by atoms with E-state index in [9.17, 15) is 4.79 Å². The lowest BCUT2D eigenvalue weighted by Gasteiger charge is -2.16. The van der Waals surface area contributed by atoms with Gasteiger partial charge in [0.05, 0.1) is 5.75 Å². The Labute approximate surface area is 140 Å². The summed E-state index contributed by atoms with van der Waals surface area (Å²) >= 11 is 3.24. The molecule has 22 heavy (non-hydrogen) atoms. The number of fused-ring (bicyclic) bond motifs is 1. The predicted octanol–water partition coefficient (Wildman–Crippen LogP) is 3.91. The lowest BCUT2D eigenvalue weighted by Crippen LogP contribution is -2.29. The van der Waals surface area contributed by atoms with Crippen molar-refractivity contribution < 1.29 is 4.79 Å². The summed E-state index contributed by atoms with van der Waals surface area (Å²) in [6, 6.07) is 2.16. The van der Waals surface area contributed by atoms with Crippen LogP contribution in [0.2, 0.25) is 0 Å². The largest absolute Gasteiger partial charge is 0.345 e. The Kier molecular flexibility index (Phi) is 6.20. The highest BCUT2D eigenvalue weighted by Gasteiger charge is 2.14. The molecule has 0 aliphatic heterocycles. The van der Waals surface area contributed by atoms with Crippen LogP contribution in [-0.2, 0) is 11.2 Å². The average molecular weight is 338 g/mol. The molecule has 0 fully saturated rings. The van der Waals surface area contributed by atoms with Crippen LogP contribution in [0.1, 0.15) is 37.4 Å². The Bertz CT molecular complexity index is 654. The van der Waals surface area contributed by atoms with Crippen LogP contribution in [0.15, 0.2) is 11.1 Å². The molecule has 0 spiro atoms. The number of carbonyl (C=O) groups excluding carboxylic acids is 1. The van der Waals surface area contributed by atoms with Crippen LogP contribution < -0.4 is 0 Å². The second kappa shape index (κ2) is 7.92. The van der Waals surface area contributed by atoms with Crippen molar-refractivity contribution in [1.29, 1.82) is 0 Å². The van der Waals surface area contributed by atoms with Crippen LogP contribution >= 0.6 is 23.1 Å². The van der Waals surface area contributed by atoms with Gasteiger partial charge in [0, 0.05) is 23.9 Å². The SMILES string of the molecule is CCCCN(C)C(=O)CSc1nc(C)nc2sc(CC)cc12. The van der Waals surface area contributed by atoms with Gasteiger partial charge in [0.2, 0.25) is 5.91 Å². The van der Waals surface area contributed by atoms with Crippen LogP contribution in [0, 0.1) is 6.92 Å². The summed E-state index contributed by atoms with van der Waals surface area (Å²) in [7, 11) is 1.87. The summed E-state index contributed by atoms with van der Waals surface area (Å²) in [4.78, 5) is 25.4. The Morgan fingerprint density at radius 1 is 1.36 bits per heavy atom. The van der Waals surface area contributed by atoms with Gasteiger partial charge in [-0.25, -0.2) is 9.97 Å². The second-order valence-corrected chi connectivity index (χ2v) is 7.40. The van der Waals surface area contributed by atoms with Crippen molar-refractivity contribution >= 4 is 39.2 Å². The lowest BCUT2D eigenvalue weighted by atomic mass is 10.3. The van der Waals surface area contributed by atoms with Gasteiger partial charge in [-0.05, 0) is 25.8 Å². The van der Waals surface area contributed by atoms with E-state index < -0.39 is 0 Å². The molecule has 0 aliphatic carbocycles. The molecule has 0 saturated heterocycles. The zero-order valence-corrected chi connectivity index (χ0v) is 15.3. The van der Waals surface area contributed by atoms with Gasteiger partial charge in [-0.2, -0.15) is 0 Å². The molecule has 0 radical (unpaired) electrons. The third-order valence-electron chi connectivity index (χ3n) is 3.47. The Morgan fingerprint density at radius 3 is 2.82 bits per heavy atom. The Hall–Kier alpha value is -1.14. The van der Waals surface area contributed by atoms with Crippen LogP contribution in [-0.4, -0.2) is 40.1 Å². The van der Waals surface area contributed by atoms with Gasteiger partial charge < -0.3 is 4.90 Å². The van der Waals surface area contributed by atoms with Gasteiger partial charge in [0.15, 0.2) is 0 Å². The van der Waals surface area contributed by atoms with Gasteiger partial charge >= 0.3 is 0 Å². The minimum Gasteiger partial charge on any atom is -0.345 e. The van der Waals surface area contributed by atoms with E-state index in [-0.39, 0.29) is 5.91 Å². The van der Waals surface area contributed by atoms with E-state index in [0.717, 1.165) is 46.9 Å². The fraction of sp³-hybridized carbons (Fsp3) is 0.562. The minimum atomic E-state index is 0.161. The summed E-state index contributed by atoms with van der Waals surface area (Å²) in [6.45, 7) is 7.01. The van der Waals surface area contributed by atoms with E-state index in [4.69, 9.17) is 0 Å². The molecule has 0 N–H and O–H groups in total. The third-order valence-corrected chi connectivity index (χ3v) is 5.62. The number of unbranched alkanes of at least 4 members (excludes halogenated alkanes) is 1. The molecule has 4 nitrogen and oxygen atoms in total. The zero-order chi connectivity index (χ0) is 16.1. The van der Waals surface area contributed by atoms with E-state index in [0.29, 0.717) is 5.75 Å². The van der Waals surface area contributed by atoms with Gasteiger partial charge in [-0.1, -0.05) is 32.0 Å². The topological polar surface area (TPSA) is 46.1 Å². The van der Waals surface area contributed by atoms with Crippen molar-refractivity contribution in [2.45, 2.75) is 45.1 Å². The Balaban J connectivity index is 2.10. The van der Waals surface area contributed by atoms with Crippen LogP contribution in [0.3, 0.4) is 0 Å². The molecule has 1 amide bonds. The molecule has 2 aromatic rings. The molecular formula is C16H23N3OS2. The van der Waals surface area contributed by atoms with E-state index in [1.165, 1.54) is 16.6 Å². The molecule has 0 saturated carbocycles. The standard InChI is InChI=1S/C16H23N3OS2/c1-5-7-8-19(4)14(20)10-21-15-13-9-12(6-2)22-16(13)18-11(3)17-15/h9H,5-8,10H2,1-4H3. The minimum absolute atomic E-state index is 0.161. The van der Waals surface area contributed by atoms with Crippen LogP contribution in [0.4, 0.5) is 0 Å². The van der Waals surface area contributed by atoms with Crippen molar-refractivity contribution in [3.05, 3.63) is 16.8 Å². The van der Waals surface area contributed by atoms with Crippen molar-refractivity contribution in [3.63, 3.8) is 0 Å². The van der Waals surface area contributed by atoms with Gasteiger partial charge in [-0.15, -0.1) is 11.3 Å². The number of thiophene rings is 1. The fourth-order valence-corrected chi connectivity index (χ4v) is 4.16. The first-order valence-corrected chi connectivity index (χ1v) is 9.49. The number of hydrogen-bond acceptors (Lipinski definition) is 5.